The average Bonchev–Trinajstić information content (AvgIpc) is 2.82. The van der Waals surface area contributed by atoms with Crippen molar-refractivity contribution in [2.24, 2.45) is 0 Å². The Morgan fingerprint density at radius 2 is 2.33 bits per heavy atom. The van der Waals surface area contributed by atoms with Gasteiger partial charge in [-0.3, -0.25) is 9.69 Å². The van der Waals surface area contributed by atoms with Gasteiger partial charge in [-0.2, -0.15) is 11.8 Å². The molecule has 0 saturated heterocycles. The first-order chi connectivity index (χ1) is 8.61. The van der Waals surface area contributed by atoms with E-state index in [0.29, 0.717) is 23.6 Å². The second-order valence-corrected chi connectivity index (χ2v) is 5.86. The molecule has 0 radical (unpaired) electrons. The molecule has 1 fully saturated rings. The predicted molar refractivity (Wildman–Crippen MR) is 73.1 cm³/mol. The Labute approximate surface area is 111 Å². The first-order valence-corrected chi connectivity index (χ1v) is 7.44. The van der Waals surface area contributed by atoms with Crippen LogP contribution in [-0.4, -0.2) is 34.6 Å². The van der Waals surface area contributed by atoms with E-state index in [9.17, 15) is 4.79 Å². The first kappa shape index (κ1) is 13.5. The van der Waals surface area contributed by atoms with Crippen LogP contribution in [0.3, 0.4) is 0 Å². The zero-order valence-electron chi connectivity index (χ0n) is 10.8. The minimum absolute atomic E-state index is 0.329. The summed E-state index contributed by atoms with van der Waals surface area (Å²) in [5.74, 6) is 0.274. The summed E-state index contributed by atoms with van der Waals surface area (Å²) in [6, 6.07) is 1.91. The minimum atomic E-state index is -0.377. The molecule has 5 heteroatoms. The Morgan fingerprint density at radius 3 is 3.00 bits per heavy atom. The molecule has 1 heterocycles. The zero-order valence-corrected chi connectivity index (χ0v) is 11.6. The van der Waals surface area contributed by atoms with Gasteiger partial charge >= 0.3 is 0 Å². The molecule has 1 N–H and O–H groups in total. The van der Waals surface area contributed by atoms with Crippen molar-refractivity contribution in [3.05, 3.63) is 28.3 Å². The summed E-state index contributed by atoms with van der Waals surface area (Å²) in [5.41, 5.74) is -0.377. The standard InChI is InChI=1S/C13H19NO3S/c1-14(10-4-3-5-13(10)18-2)7-9-6-11(15)12(16)8-17-9/h6,8,10,13,16H,3-5,7H2,1-2H3. The van der Waals surface area contributed by atoms with E-state index in [1.165, 1.54) is 25.3 Å². The van der Waals surface area contributed by atoms with E-state index in [4.69, 9.17) is 9.52 Å². The Bertz CT molecular complexity index is 460. The second-order valence-electron chi connectivity index (χ2n) is 4.78. The number of hydrogen-bond donors (Lipinski definition) is 1. The SMILES string of the molecule is CSC1CCCC1N(C)Cc1cc(=O)c(O)co1. The molecule has 0 amide bonds. The van der Waals surface area contributed by atoms with Crippen molar-refractivity contribution >= 4 is 11.8 Å². The van der Waals surface area contributed by atoms with Crippen LogP contribution in [-0.2, 0) is 6.54 Å². The maximum absolute atomic E-state index is 11.3. The highest BCUT2D eigenvalue weighted by atomic mass is 32.2. The van der Waals surface area contributed by atoms with Crippen LogP contribution in [0.2, 0.25) is 0 Å². The molecular weight excluding hydrogens is 250 g/mol. The number of aromatic hydroxyl groups is 1. The molecule has 1 aliphatic carbocycles. The molecule has 2 rings (SSSR count). The highest BCUT2D eigenvalue weighted by molar-refractivity contribution is 7.99. The van der Waals surface area contributed by atoms with Crippen LogP contribution in [0.4, 0.5) is 0 Å². The van der Waals surface area contributed by atoms with Gasteiger partial charge in [-0.25, -0.2) is 0 Å². The van der Waals surface area contributed by atoms with Gasteiger partial charge in [0.2, 0.25) is 5.43 Å². The number of hydrogen-bond acceptors (Lipinski definition) is 5. The smallest absolute Gasteiger partial charge is 0.226 e. The van der Waals surface area contributed by atoms with Gasteiger partial charge in [0.05, 0.1) is 6.54 Å². The molecule has 4 nitrogen and oxygen atoms in total. The van der Waals surface area contributed by atoms with Crippen molar-refractivity contribution in [3.63, 3.8) is 0 Å². The van der Waals surface area contributed by atoms with Crippen molar-refractivity contribution in [2.75, 3.05) is 13.3 Å². The lowest BCUT2D eigenvalue weighted by molar-refractivity contribution is 0.220. The van der Waals surface area contributed by atoms with Gasteiger partial charge in [-0.15, -0.1) is 0 Å². The zero-order chi connectivity index (χ0) is 13.1. The third-order valence-corrected chi connectivity index (χ3v) is 4.71. The quantitative estimate of drug-likeness (QED) is 0.906. The molecule has 1 saturated carbocycles. The maximum Gasteiger partial charge on any atom is 0.226 e. The fourth-order valence-corrected chi connectivity index (χ4v) is 3.64. The summed E-state index contributed by atoms with van der Waals surface area (Å²) < 4.78 is 5.24. The lowest BCUT2D eigenvalue weighted by atomic mass is 10.2. The van der Waals surface area contributed by atoms with E-state index in [2.05, 4.69) is 18.2 Å². The minimum Gasteiger partial charge on any atom is -0.502 e. The largest absolute Gasteiger partial charge is 0.502 e. The van der Waals surface area contributed by atoms with Crippen molar-refractivity contribution < 1.29 is 9.52 Å². The molecule has 2 unspecified atom stereocenters. The van der Waals surface area contributed by atoms with Crippen molar-refractivity contribution in [2.45, 2.75) is 37.1 Å². The van der Waals surface area contributed by atoms with Crippen LogP contribution < -0.4 is 5.43 Å². The van der Waals surface area contributed by atoms with E-state index in [1.807, 2.05) is 11.8 Å². The van der Waals surface area contributed by atoms with Gasteiger partial charge in [0, 0.05) is 17.4 Å². The Hall–Kier alpha value is -0.940. The van der Waals surface area contributed by atoms with Crippen LogP contribution in [0.25, 0.3) is 0 Å². The molecule has 0 aromatic carbocycles. The van der Waals surface area contributed by atoms with Gasteiger partial charge in [0.15, 0.2) is 5.75 Å². The second kappa shape index (κ2) is 5.80. The summed E-state index contributed by atoms with van der Waals surface area (Å²) >= 11 is 1.91. The molecule has 1 aromatic heterocycles. The summed E-state index contributed by atoms with van der Waals surface area (Å²) in [7, 11) is 2.06. The van der Waals surface area contributed by atoms with E-state index >= 15 is 0 Å². The lowest BCUT2D eigenvalue weighted by Crippen LogP contribution is -2.35. The molecular formula is C13H19NO3S. The normalized spacial score (nSPS) is 23.7. The molecule has 0 aliphatic heterocycles. The first-order valence-electron chi connectivity index (χ1n) is 6.15. The molecule has 100 valence electrons. The average molecular weight is 269 g/mol. The molecule has 2 atom stereocenters. The Kier molecular flexibility index (Phi) is 4.35. The van der Waals surface area contributed by atoms with Crippen LogP contribution in [0.1, 0.15) is 25.0 Å². The van der Waals surface area contributed by atoms with E-state index < -0.39 is 0 Å². The van der Waals surface area contributed by atoms with Crippen LogP contribution >= 0.6 is 11.8 Å². The summed E-state index contributed by atoms with van der Waals surface area (Å²) in [6.07, 6.45) is 6.99. The molecule has 1 aliphatic rings. The molecule has 1 aromatic rings. The third kappa shape index (κ3) is 2.90. The van der Waals surface area contributed by atoms with Gasteiger partial charge in [0.25, 0.3) is 0 Å². The van der Waals surface area contributed by atoms with Crippen molar-refractivity contribution in [1.29, 1.82) is 0 Å². The van der Waals surface area contributed by atoms with Gasteiger partial charge < -0.3 is 9.52 Å². The van der Waals surface area contributed by atoms with E-state index in [1.54, 1.807) is 0 Å². The summed E-state index contributed by atoms with van der Waals surface area (Å²) in [4.78, 5) is 13.6. The van der Waals surface area contributed by atoms with Gasteiger partial charge in [-0.1, -0.05) is 6.42 Å². The number of rotatable bonds is 4. The van der Waals surface area contributed by atoms with E-state index in [0.717, 1.165) is 6.26 Å². The number of nitrogens with zero attached hydrogens (tertiary/aromatic N) is 1. The summed E-state index contributed by atoms with van der Waals surface area (Å²) in [6.45, 7) is 0.608. The summed E-state index contributed by atoms with van der Waals surface area (Å²) in [5, 5.41) is 9.81. The maximum atomic E-state index is 11.3. The topological polar surface area (TPSA) is 53.7 Å². The Balaban J connectivity index is 2.04. The third-order valence-electron chi connectivity index (χ3n) is 3.56. The fraction of sp³-hybridized carbons (Fsp3) is 0.615. The fourth-order valence-electron chi connectivity index (χ4n) is 2.58. The molecule has 0 spiro atoms. The highest BCUT2D eigenvalue weighted by Gasteiger charge is 2.29. The van der Waals surface area contributed by atoms with Crippen molar-refractivity contribution in [1.82, 2.24) is 4.90 Å². The predicted octanol–water partition coefficient (Wildman–Crippen LogP) is 2.06. The van der Waals surface area contributed by atoms with E-state index in [-0.39, 0.29) is 11.2 Å². The lowest BCUT2D eigenvalue weighted by Gasteiger charge is -2.28. The highest BCUT2D eigenvalue weighted by Crippen LogP contribution is 2.32. The molecule has 18 heavy (non-hydrogen) atoms. The van der Waals surface area contributed by atoms with Crippen LogP contribution in [0.15, 0.2) is 21.5 Å². The van der Waals surface area contributed by atoms with Gasteiger partial charge in [-0.05, 0) is 26.1 Å². The van der Waals surface area contributed by atoms with Crippen molar-refractivity contribution in [3.8, 4) is 5.75 Å². The van der Waals surface area contributed by atoms with Crippen LogP contribution in [0.5, 0.6) is 5.75 Å². The number of thioether (sulfide) groups is 1. The van der Waals surface area contributed by atoms with Gasteiger partial charge in [0.1, 0.15) is 12.0 Å². The molecule has 0 bridgehead atoms. The van der Waals surface area contributed by atoms with Crippen LogP contribution in [0, 0.1) is 0 Å². The Morgan fingerprint density at radius 1 is 1.56 bits per heavy atom. The monoisotopic (exact) mass is 269 g/mol.